The number of rotatable bonds is 9. The number of hydrogen-bond donors (Lipinski definition) is 0. The number of nitrogens with zero attached hydrogens (tertiary/aromatic N) is 2. The van der Waals surface area contributed by atoms with Crippen LogP contribution in [0.5, 0.6) is 11.5 Å². The zero-order valence-corrected chi connectivity index (χ0v) is 21.1. The van der Waals surface area contributed by atoms with E-state index in [0.717, 1.165) is 9.87 Å². The van der Waals surface area contributed by atoms with Gasteiger partial charge in [-0.25, -0.2) is 8.42 Å². The minimum Gasteiger partial charge on any atom is -0.493 e. The summed E-state index contributed by atoms with van der Waals surface area (Å²) in [4.78, 5) is 14.8. The molecule has 0 spiro atoms. The van der Waals surface area contributed by atoms with Gasteiger partial charge in [0.1, 0.15) is 6.54 Å². The molecule has 0 saturated carbocycles. The largest absolute Gasteiger partial charge is 0.493 e. The summed E-state index contributed by atoms with van der Waals surface area (Å²) in [6, 6.07) is 18.3. The first kappa shape index (κ1) is 25.4. The van der Waals surface area contributed by atoms with E-state index in [1.807, 2.05) is 6.07 Å². The van der Waals surface area contributed by atoms with Crippen molar-refractivity contribution < 1.29 is 22.7 Å². The molecule has 0 aliphatic carbocycles. The van der Waals surface area contributed by atoms with Crippen LogP contribution in [-0.4, -0.2) is 47.0 Å². The van der Waals surface area contributed by atoms with Crippen molar-refractivity contribution in [3.63, 3.8) is 0 Å². The first-order valence-corrected chi connectivity index (χ1v) is 12.3. The van der Waals surface area contributed by atoms with Crippen LogP contribution in [0.15, 0.2) is 71.6 Å². The second kappa shape index (κ2) is 10.8. The smallest absolute Gasteiger partial charge is 0.264 e. The average molecular weight is 503 g/mol. The third kappa shape index (κ3) is 5.63. The third-order valence-corrected chi connectivity index (χ3v) is 7.35. The normalized spacial score (nSPS) is 11.1. The lowest BCUT2D eigenvalue weighted by molar-refractivity contribution is -0.128. The Kier molecular flexibility index (Phi) is 8.06. The van der Waals surface area contributed by atoms with Gasteiger partial charge in [-0.1, -0.05) is 41.9 Å². The van der Waals surface area contributed by atoms with Crippen LogP contribution >= 0.6 is 11.6 Å². The Balaban J connectivity index is 1.92. The number of benzene rings is 3. The van der Waals surface area contributed by atoms with Crippen LogP contribution in [0.2, 0.25) is 5.02 Å². The molecule has 0 saturated heterocycles. The molecule has 1 amide bonds. The van der Waals surface area contributed by atoms with Gasteiger partial charge in [0.2, 0.25) is 5.91 Å². The Hall–Kier alpha value is -3.23. The number of methoxy groups -OCH3 is 2. The summed E-state index contributed by atoms with van der Waals surface area (Å²) in [5.74, 6) is 0.745. The zero-order valence-electron chi connectivity index (χ0n) is 19.5. The Morgan fingerprint density at radius 3 is 2.26 bits per heavy atom. The van der Waals surface area contributed by atoms with E-state index >= 15 is 0 Å². The molecule has 0 N–H and O–H groups in total. The molecule has 0 atom stereocenters. The van der Waals surface area contributed by atoms with E-state index in [9.17, 15) is 13.2 Å². The second-order valence-corrected chi connectivity index (χ2v) is 9.99. The van der Waals surface area contributed by atoms with Gasteiger partial charge in [0.15, 0.2) is 11.5 Å². The van der Waals surface area contributed by atoms with Gasteiger partial charge in [-0.2, -0.15) is 0 Å². The topological polar surface area (TPSA) is 76.2 Å². The molecular formula is C25H27ClN2O5S. The molecular weight excluding hydrogens is 476 g/mol. The maximum Gasteiger partial charge on any atom is 0.264 e. The monoisotopic (exact) mass is 502 g/mol. The van der Waals surface area contributed by atoms with Crippen LogP contribution in [0.4, 0.5) is 5.69 Å². The van der Waals surface area contributed by atoms with E-state index in [-0.39, 0.29) is 23.9 Å². The van der Waals surface area contributed by atoms with Gasteiger partial charge >= 0.3 is 0 Å². The summed E-state index contributed by atoms with van der Waals surface area (Å²) in [5, 5.41) is 0.375. The molecule has 3 rings (SSSR count). The second-order valence-electron chi connectivity index (χ2n) is 7.69. The molecule has 34 heavy (non-hydrogen) atoms. The maximum absolute atomic E-state index is 13.5. The van der Waals surface area contributed by atoms with E-state index < -0.39 is 10.0 Å². The number of sulfonamides is 1. The maximum atomic E-state index is 13.5. The summed E-state index contributed by atoms with van der Waals surface area (Å²) >= 11 is 6.18. The predicted molar refractivity (Wildman–Crippen MR) is 133 cm³/mol. The highest BCUT2D eigenvalue weighted by Crippen LogP contribution is 2.30. The fourth-order valence-electron chi connectivity index (χ4n) is 3.46. The van der Waals surface area contributed by atoms with Gasteiger partial charge in [0, 0.05) is 18.6 Å². The number of halogens is 1. The van der Waals surface area contributed by atoms with Crippen molar-refractivity contribution in [3.8, 4) is 11.5 Å². The van der Waals surface area contributed by atoms with Gasteiger partial charge in [-0.15, -0.1) is 0 Å². The van der Waals surface area contributed by atoms with Gasteiger partial charge in [0.25, 0.3) is 10.0 Å². The number of anilines is 1. The van der Waals surface area contributed by atoms with Crippen molar-refractivity contribution in [1.82, 2.24) is 4.90 Å². The van der Waals surface area contributed by atoms with Crippen molar-refractivity contribution in [1.29, 1.82) is 0 Å². The lowest BCUT2D eigenvalue weighted by Gasteiger charge is -2.28. The summed E-state index contributed by atoms with van der Waals surface area (Å²) < 4.78 is 38.8. The Labute approximate surface area is 205 Å². The Bertz CT molecular complexity index is 1270. The van der Waals surface area contributed by atoms with Gasteiger partial charge in [-0.3, -0.25) is 9.10 Å². The highest BCUT2D eigenvalue weighted by molar-refractivity contribution is 7.92. The summed E-state index contributed by atoms with van der Waals surface area (Å²) in [5.41, 5.74) is 1.84. The number of carbonyl (C=O) groups excluding carboxylic acids is 1. The van der Waals surface area contributed by atoms with Crippen molar-refractivity contribution in [3.05, 3.63) is 82.9 Å². The zero-order chi connectivity index (χ0) is 24.9. The lowest BCUT2D eigenvalue weighted by Crippen LogP contribution is -2.41. The molecule has 0 aliphatic heterocycles. The highest BCUT2D eigenvalue weighted by Gasteiger charge is 2.29. The van der Waals surface area contributed by atoms with E-state index in [1.54, 1.807) is 69.6 Å². The van der Waals surface area contributed by atoms with E-state index in [4.69, 9.17) is 21.1 Å². The number of likely N-dealkylation sites (N-methyl/N-ethyl adjacent to an activating group) is 1. The number of ether oxygens (including phenoxy) is 2. The van der Waals surface area contributed by atoms with E-state index in [2.05, 4.69) is 0 Å². The van der Waals surface area contributed by atoms with E-state index in [1.165, 1.54) is 24.1 Å². The van der Waals surface area contributed by atoms with Gasteiger partial charge < -0.3 is 14.4 Å². The first-order chi connectivity index (χ1) is 16.2. The van der Waals surface area contributed by atoms with Crippen LogP contribution in [-0.2, 0) is 21.4 Å². The summed E-state index contributed by atoms with van der Waals surface area (Å²) in [6.45, 7) is 1.64. The summed E-state index contributed by atoms with van der Waals surface area (Å²) in [7, 11) is 0.685. The molecule has 0 unspecified atom stereocenters. The SMILES string of the molecule is COc1ccc(CN(C)C(=O)CN(c2cc(Cl)ccc2C)S(=O)(=O)c2ccccc2)cc1OC. The van der Waals surface area contributed by atoms with Crippen LogP contribution in [0.1, 0.15) is 11.1 Å². The van der Waals surface area contributed by atoms with Gasteiger partial charge in [-0.05, 0) is 54.4 Å². The minimum absolute atomic E-state index is 0.0877. The number of amides is 1. The molecule has 9 heteroatoms. The number of hydrogen-bond acceptors (Lipinski definition) is 5. The third-order valence-electron chi connectivity index (χ3n) is 5.34. The summed E-state index contributed by atoms with van der Waals surface area (Å²) in [6.07, 6.45) is 0. The molecule has 0 aliphatic rings. The Morgan fingerprint density at radius 1 is 0.941 bits per heavy atom. The average Bonchev–Trinajstić information content (AvgIpc) is 2.84. The lowest BCUT2D eigenvalue weighted by atomic mass is 10.2. The molecule has 3 aromatic carbocycles. The van der Waals surface area contributed by atoms with Crippen LogP contribution in [0, 0.1) is 6.92 Å². The quantitative estimate of drug-likeness (QED) is 0.430. The fourth-order valence-corrected chi connectivity index (χ4v) is 5.11. The highest BCUT2D eigenvalue weighted by atomic mass is 35.5. The molecule has 0 aromatic heterocycles. The van der Waals surface area contributed by atoms with Crippen molar-refractivity contribution in [2.45, 2.75) is 18.4 Å². The van der Waals surface area contributed by atoms with Crippen molar-refractivity contribution in [2.24, 2.45) is 0 Å². The van der Waals surface area contributed by atoms with Crippen LogP contribution in [0.3, 0.4) is 0 Å². The molecule has 180 valence electrons. The number of aryl methyl sites for hydroxylation is 1. The molecule has 3 aromatic rings. The van der Waals surface area contributed by atoms with Crippen LogP contribution < -0.4 is 13.8 Å². The van der Waals surface area contributed by atoms with Crippen molar-refractivity contribution >= 4 is 33.2 Å². The molecule has 0 bridgehead atoms. The predicted octanol–water partition coefficient (Wildman–Crippen LogP) is 4.52. The molecule has 0 fully saturated rings. The Morgan fingerprint density at radius 2 is 1.62 bits per heavy atom. The van der Waals surface area contributed by atoms with E-state index in [0.29, 0.717) is 27.8 Å². The minimum atomic E-state index is -4.02. The number of carbonyl (C=O) groups is 1. The first-order valence-electron chi connectivity index (χ1n) is 10.5. The molecule has 7 nitrogen and oxygen atoms in total. The molecule has 0 heterocycles. The fraction of sp³-hybridized carbons (Fsp3) is 0.240. The van der Waals surface area contributed by atoms with Crippen LogP contribution in [0.25, 0.3) is 0 Å². The standard InChI is InChI=1S/C25H27ClN2O5S/c1-18-10-12-20(26)15-22(18)28(34(30,31)21-8-6-5-7-9-21)17-25(29)27(2)16-19-11-13-23(32-3)24(14-19)33-4/h5-15H,16-17H2,1-4H3. The van der Waals surface area contributed by atoms with Crippen molar-refractivity contribution in [2.75, 3.05) is 32.1 Å². The van der Waals surface area contributed by atoms with Gasteiger partial charge in [0.05, 0.1) is 24.8 Å². The molecule has 0 radical (unpaired) electrons.